The summed E-state index contributed by atoms with van der Waals surface area (Å²) in [7, 11) is 3.07. The van der Waals surface area contributed by atoms with Gasteiger partial charge in [-0.2, -0.15) is 0 Å². The normalized spacial score (nSPS) is 10.6. The second-order valence-corrected chi connectivity index (χ2v) is 9.50. The SMILES string of the molecule is COc1ccc(OC)c(NC(=O)c2nc(-c3ccccc3)oc2-c2ccc(NC(=O)Cc3cccs3)cc2)c1. The number of hydrogen-bond donors (Lipinski definition) is 2. The Bertz CT molecular complexity index is 1580. The summed E-state index contributed by atoms with van der Waals surface area (Å²) < 4.78 is 16.8. The number of thiophene rings is 1. The van der Waals surface area contributed by atoms with Gasteiger partial charge >= 0.3 is 0 Å². The molecule has 0 bridgehead atoms. The fourth-order valence-corrected chi connectivity index (χ4v) is 4.65. The van der Waals surface area contributed by atoms with Crippen LogP contribution in [0.2, 0.25) is 0 Å². The molecular weight excluding hydrogens is 514 g/mol. The number of carbonyl (C=O) groups is 2. The quantitative estimate of drug-likeness (QED) is 0.221. The number of aromatic nitrogens is 1. The molecular formula is C30H25N3O5S. The second kappa shape index (κ2) is 11.7. The van der Waals surface area contributed by atoms with Crippen LogP contribution in [0, 0.1) is 0 Å². The van der Waals surface area contributed by atoms with Crippen molar-refractivity contribution in [1.29, 1.82) is 0 Å². The molecule has 0 spiro atoms. The lowest BCUT2D eigenvalue weighted by atomic mass is 10.1. The number of amides is 2. The molecule has 0 saturated heterocycles. The van der Waals surface area contributed by atoms with Gasteiger partial charge in [-0.15, -0.1) is 11.3 Å². The summed E-state index contributed by atoms with van der Waals surface area (Å²) in [4.78, 5) is 31.4. The lowest BCUT2D eigenvalue weighted by molar-refractivity contribution is -0.115. The molecule has 196 valence electrons. The number of carbonyl (C=O) groups excluding carboxylic acids is 2. The number of oxazole rings is 1. The summed E-state index contributed by atoms with van der Waals surface area (Å²) in [5.74, 6) is 1.05. The highest BCUT2D eigenvalue weighted by molar-refractivity contribution is 7.10. The summed E-state index contributed by atoms with van der Waals surface area (Å²) in [6, 6.07) is 25.4. The number of nitrogens with one attached hydrogen (secondary N) is 2. The van der Waals surface area contributed by atoms with Crippen molar-refractivity contribution in [3.8, 4) is 34.3 Å². The molecule has 0 aliphatic rings. The summed E-state index contributed by atoms with van der Waals surface area (Å²) >= 11 is 1.54. The van der Waals surface area contributed by atoms with Gasteiger partial charge in [-0.05, 0) is 60.0 Å². The van der Waals surface area contributed by atoms with Gasteiger partial charge in [0.2, 0.25) is 11.8 Å². The smallest absolute Gasteiger partial charge is 0.278 e. The van der Waals surface area contributed by atoms with E-state index in [1.807, 2.05) is 47.8 Å². The van der Waals surface area contributed by atoms with Crippen LogP contribution >= 0.6 is 11.3 Å². The topological polar surface area (TPSA) is 103 Å². The van der Waals surface area contributed by atoms with Crippen LogP contribution in [0.3, 0.4) is 0 Å². The minimum absolute atomic E-state index is 0.105. The van der Waals surface area contributed by atoms with E-state index in [-0.39, 0.29) is 11.6 Å². The molecule has 0 fully saturated rings. The summed E-state index contributed by atoms with van der Waals surface area (Å²) in [6.07, 6.45) is 0.306. The van der Waals surface area contributed by atoms with E-state index in [1.54, 1.807) is 49.6 Å². The lowest BCUT2D eigenvalue weighted by Gasteiger charge is -2.11. The van der Waals surface area contributed by atoms with E-state index in [1.165, 1.54) is 18.4 Å². The highest BCUT2D eigenvalue weighted by atomic mass is 32.1. The van der Waals surface area contributed by atoms with Crippen molar-refractivity contribution >= 4 is 34.5 Å². The zero-order valence-corrected chi connectivity index (χ0v) is 22.1. The van der Waals surface area contributed by atoms with E-state index in [9.17, 15) is 9.59 Å². The molecule has 2 aromatic heterocycles. The molecule has 2 N–H and O–H groups in total. The van der Waals surface area contributed by atoms with Crippen LogP contribution < -0.4 is 20.1 Å². The van der Waals surface area contributed by atoms with Crippen LogP contribution in [0.25, 0.3) is 22.8 Å². The zero-order chi connectivity index (χ0) is 27.2. The van der Waals surface area contributed by atoms with Crippen molar-refractivity contribution in [2.75, 3.05) is 24.9 Å². The minimum atomic E-state index is -0.476. The second-order valence-electron chi connectivity index (χ2n) is 8.46. The van der Waals surface area contributed by atoms with Crippen molar-refractivity contribution < 1.29 is 23.5 Å². The van der Waals surface area contributed by atoms with Crippen LogP contribution in [-0.4, -0.2) is 31.0 Å². The first-order valence-electron chi connectivity index (χ1n) is 12.1. The van der Waals surface area contributed by atoms with Crippen LogP contribution in [0.1, 0.15) is 15.4 Å². The Hall–Kier alpha value is -4.89. The monoisotopic (exact) mass is 539 g/mol. The molecule has 0 unspecified atom stereocenters. The first-order chi connectivity index (χ1) is 19.0. The Labute approximate surface area is 229 Å². The Morgan fingerprint density at radius 2 is 1.67 bits per heavy atom. The van der Waals surface area contributed by atoms with E-state index in [2.05, 4.69) is 15.6 Å². The Morgan fingerprint density at radius 1 is 0.872 bits per heavy atom. The van der Waals surface area contributed by atoms with Crippen molar-refractivity contribution in [2.24, 2.45) is 0 Å². The summed E-state index contributed by atoms with van der Waals surface area (Å²) in [6.45, 7) is 0. The molecule has 9 heteroatoms. The molecule has 39 heavy (non-hydrogen) atoms. The Balaban J connectivity index is 1.44. The fraction of sp³-hybridized carbons (Fsp3) is 0.100. The number of ether oxygens (including phenoxy) is 2. The predicted molar refractivity (Wildman–Crippen MR) is 152 cm³/mol. The van der Waals surface area contributed by atoms with E-state index < -0.39 is 5.91 Å². The Morgan fingerprint density at radius 3 is 2.36 bits per heavy atom. The van der Waals surface area contributed by atoms with Crippen LogP contribution in [-0.2, 0) is 11.2 Å². The zero-order valence-electron chi connectivity index (χ0n) is 21.3. The molecule has 8 nitrogen and oxygen atoms in total. The first-order valence-corrected chi connectivity index (χ1v) is 12.9. The molecule has 0 atom stereocenters. The third-order valence-corrected chi connectivity index (χ3v) is 6.74. The maximum Gasteiger partial charge on any atom is 0.278 e. The first kappa shape index (κ1) is 25.7. The van der Waals surface area contributed by atoms with Crippen molar-refractivity contribution in [2.45, 2.75) is 6.42 Å². The van der Waals surface area contributed by atoms with Crippen LogP contribution in [0.4, 0.5) is 11.4 Å². The lowest BCUT2D eigenvalue weighted by Crippen LogP contribution is -2.14. The number of rotatable bonds is 9. The van der Waals surface area contributed by atoms with Gasteiger partial charge in [0.25, 0.3) is 5.91 Å². The maximum atomic E-state index is 13.5. The number of methoxy groups -OCH3 is 2. The minimum Gasteiger partial charge on any atom is -0.497 e. The average molecular weight is 540 g/mol. The number of nitrogens with zero attached hydrogens (tertiary/aromatic N) is 1. The highest BCUT2D eigenvalue weighted by Gasteiger charge is 2.23. The van der Waals surface area contributed by atoms with E-state index in [4.69, 9.17) is 13.9 Å². The predicted octanol–water partition coefficient (Wildman–Crippen LogP) is 6.52. The van der Waals surface area contributed by atoms with Gasteiger partial charge in [0, 0.05) is 27.8 Å². The third kappa shape index (κ3) is 6.00. The Kier molecular flexibility index (Phi) is 7.70. The van der Waals surface area contributed by atoms with Gasteiger partial charge < -0.3 is 24.5 Å². The molecule has 0 aliphatic heterocycles. The maximum absolute atomic E-state index is 13.5. The van der Waals surface area contributed by atoms with E-state index in [0.717, 1.165) is 10.4 Å². The van der Waals surface area contributed by atoms with Crippen molar-refractivity contribution in [1.82, 2.24) is 4.98 Å². The molecule has 2 amide bonds. The number of benzene rings is 3. The standard InChI is InChI=1S/C30H25N3O5S/c1-36-22-14-15-25(37-2)24(17-22)32-29(35)27-28(38-30(33-27)20-7-4-3-5-8-20)19-10-12-21(13-11-19)31-26(34)18-23-9-6-16-39-23/h3-17H,18H2,1-2H3,(H,31,34)(H,32,35). The highest BCUT2D eigenvalue weighted by Crippen LogP contribution is 2.33. The molecule has 0 saturated carbocycles. The van der Waals surface area contributed by atoms with E-state index in [0.29, 0.717) is 46.5 Å². The summed E-state index contributed by atoms with van der Waals surface area (Å²) in [5, 5.41) is 7.70. The van der Waals surface area contributed by atoms with Crippen LogP contribution in [0.15, 0.2) is 94.7 Å². The number of anilines is 2. The molecule has 3 aromatic carbocycles. The fourth-order valence-electron chi connectivity index (χ4n) is 3.95. The summed E-state index contributed by atoms with van der Waals surface area (Å²) in [5.41, 5.74) is 2.53. The van der Waals surface area contributed by atoms with Gasteiger partial charge in [-0.25, -0.2) is 4.98 Å². The molecule has 5 rings (SSSR count). The molecule has 0 radical (unpaired) electrons. The number of hydrogen-bond acceptors (Lipinski definition) is 7. The van der Waals surface area contributed by atoms with Gasteiger partial charge in [0.1, 0.15) is 11.5 Å². The third-order valence-electron chi connectivity index (χ3n) is 5.86. The largest absolute Gasteiger partial charge is 0.497 e. The van der Waals surface area contributed by atoms with Crippen molar-refractivity contribution in [3.05, 3.63) is 101 Å². The van der Waals surface area contributed by atoms with E-state index >= 15 is 0 Å². The molecule has 5 aromatic rings. The van der Waals surface area contributed by atoms with Gasteiger partial charge in [-0.3, -0.25) is 9.59 Å². The van der Waals surface area contributed by atoms with Gasteiger partial charge in [0.05, 0.1) is 26.3 Å². The van der Waals surface area contributed by atoms with Gasteiger partial charge in [0.15, 0.2) is 11.5 Å². The van der Waals surface area contributed by atoms with Crippen molar-refractivity contribution in [3.63, 3.8) is 0 Å². The molecule has 2 heterocycles. The van der Waals surface area contributed by atoms with Crippen LogP contribution in [0.5, 0.6) is 11.5 Å². The average Bonchev–Trinajstić information content (AvgIpc) is 3.64. The van der Waals surface area contributed by atoms with Gasteiger partial charge in [-0.1, -0.05) is 24.3 Å². The molecule has 0 aliphatic carbocycles.